The number of hydrogen-bond acceptors (Lipinski definition) is 5. The van der Waals surface area contributed by atoms with Crippen LogP contribution in [0, 0.1) is 6.92 Å². The van der Waals surface area contributed by atoms with Crippen LogP contribution < -0.4 is 5.32 Å². The van der Waals surface area contributed by atoms with Gasteiger partial charge < -0.3 is 14.6 Å². The first-order valence-electron chi connectivity index (χ1n) is 8.39. The van der Waals surface area contributed by atoms with Gasteiger partial charge in [-0.2, -0.15) is 13.2 Å². The van der Waals surface area contributed by atoms with Gasteiger partial charge in [0.25, 0.3) is 0 Å². The molecule has 10 heteroatoms. The number of carbonyl (C=O) groups is 1. The third kappa shape index (κ3) is 3.47. The lowest BCUT2D eigenvalue weighted by atomic mass is 10.1. The smallest absolute Gasteiger partial charge is 0.416 e. The number of nitrogens with zero attached hydrogens (tertiary/aromatic N) is 3. The van der Waals surface area contributed by atoms with Crippen molar-refractivity contribution in [2.24, 2.45) is 0 Å². The van der Waals surface area contributed by atoms with E-state index in [0.29, 0.717) is 17.9 Å². The average molecular weight is 408 g/mol. The molecular formula is C18H15F3N4O2S. The highest BCUT2D eigenvalue weighted by molar-refractivity contribution is 7.15. The summed E-state index contributed by atoms with van der Waals surface area (Å²) in [6.07, 6.45) is -1.45. The van der Waals surface area contributed by atoms with Crippen molar-refractivity contribution in [3.8, 4) is 10.6 Å². The van der Waals surface area contributed by atoms with Crippen LogP contribution in [0.25, 0.3) is 10.6 Å². The van der Waals surface area contributed by atoms with Gasteiger partial charge in [-0.3, -0.25) is 0 Å². The first-order chi connectivity index (χ1) is 13.3. The van der Waals surface area contributed by atoms with Gasteiger partial charge in [-0.1, -0.05) is 12.1 Å². The van der Waals surface area contributed by atoms with Gasteiger partial charge in [-0.25, -0.2) is 14.8 Å². The second-order valence-electron chi connectivity index (χ2n) is 6.36. The molecule has 1 atom stereocenters. The van der Waals surface area contributed by atoms with Crippen LogP contribution in [0.5, 0.6) is 0 Å². The molecule has 1 N–H and O–H groups in total. The number of carbonyl (C=O) groups excluding carboxylic acids is 1. The largest absolute Gasteiger partial charge is 0.443 e. The number of thiazole rings is 1. The summed E-state index contributed by atoms with van der Waals surface area (Å²) in [7, 11) is 0. The van der Waals surface area contributed by atoms with E-state index in [9.17, 15) is 18.0 Å². The zero-order valence-electron chi connectivity index (χ0n) is 14.7. The van der Waals surface area contributed by atoms with Crippen LogP contribution in [0.15, 0.2) is 41.3 Å². The molecule has 6 nitrogen and oxygen atoms in total. The molecule has 2 aromatic heterocycles. The second kappa shape index (κ2) is 6.93. The number of aromatic nitrogens is 2. The van der Waals surface area contributed by atoms with Gasteiger partial charge in [0.1, 0.15) is 11.0 Å². The van der Waals surface area contributed by atoms with E-state index in [-0.39, 0.29) is 18.6 Å². The van der Waals surface area contributed by atoms with Gasteiger partial charge in [-0.15, -0.1) is 11.3 Å². The van der Waals surface area contributed by atoms with E-state index in [1.54, 1.807) is 11.1 Å². The van der Waals surface area contributed by atoms with E-state index in [1.807, 2.05) is 6.92 Å². The molecule has 0 saturated carbocycles. The van der Waals surface area contributed by atoms with Crippen molar-refractivity contribution in [1.82, 2.24) is 20.2 Å². The third-order valence-corrected chi connectivity index (χ3v) is 5.75. The fourth-order valence-electron chi connectivity index (χ4n) is 3.05. The van der Waals surface area contributed by atoms with Crippen LogP contribution in [-0.2, 0) is 12.7 Å². The Hall–Kier alpha value is -2.88. The number of benzene rings is 1. The van der Waals surface area contributed by atoms with E-state index >= 15 is 0 Å². The summed E-state index contributed by atoms with van der Waals surface area (Å²) in [5.74, 6) is 0.604. The summed E-state index contributed by atoms with van der Waals surface area (Å²) < 4.78 is 43.5. The molecule has 3 heterocycles. The number of halogens is 3. The molecule has 4 rings (SSSR count). The molecule has 3 aromatic rings. The van der Waals surface area contributed by atoms with Crippen molar-refractivity contribution in [1.29, 1.82) is 0 Å². The number of urea groups is 1. The molecule has 146 valence electrons. The maximum Gasteiger partial charge on any atom is 0.416 e. The molecule has 0 aliphatic carbocycles. The van der Waals surface area contributed by atoms with Crippen molar-refractivity contribution in [2.75, 3.05) is 6.54 Å². The standard InChI is InChI=1S/C18H15F3N4O2S/c1-10-15(14-7-22-9-27-14)28-16(24-10)13-6-23-17(26)25(13)8-11-2-4-12(5-3-11)18(19,20)21/h2-5,7,9,13H,6,8H2,1H3,(H,23,26). The maximum absolute atomic E-state index is 12.7. The molecule has 1 unspecified atom stereocenters. The SMILES string of the molecule is Cc1nc(C2CNC(=O)N2Cc2ccc(C(F)(F)F)cc2)sc1-c1cnco1. The third-order valence-electron chi connectivity index (χ3n) is 4.47. The molecule has 0 bridgehead atoms. The van der Waals surface area contributed by atoms with Crippen LogP contribution in [0.3, 0.4) is 0 Å². The zero-order valence-corrected chi connectivity index (χ0v) is 15.5. The van der Waals surface area contributed by atoms with Crippen LogP contribution in [0.4, 0.5) is 18.0 Å². The highest BCUT2D eigenvalue weighted by atomic mass is 32.1. The van der Waals surface area contributed by atoms with Crippen molar-refractivity contribution in [3.05, 3.63) is 58.7 Å². The van der Waals surface area contributed by atoms with Crippen LogP contribution in [0.2, 0.25) is 0 Å². The highest BCUT2D eigenvalue weighted by Crippen LogP contribution is 2.36. The minimum absolute atomic E-state index is 0.185. The average Bonchev–Trinajstić information content (AvgIpc) is 3.36. The summed E-state index contributed by atoms with van der Waals surface area (Å²) in [5.41, 5.74) is 0.662. The minimum atomic E-state index is -4.39. The Balaban J connectivity index is 1.57. The summed E-state index contributed by atoms with van der Waals surface area (Å²) in [4.78, 5) is 23.2. The van der Waals surface area contributed by atoms with Gasteiger partial charge >= 0.3 is 12.2 Å². The molecule has 0 radical (unpaired) electrons. The lowest BCUT2D eigenvalue weighted by molar-refractivity contribution is -0.137. The highest BCUT2D eigenvalue weighted by Gasteiger charge is 2.35. The molecule has 1 aliphatic rings. The molecule has 1 saturated heterocycles. The number of hydrogen-bond donors (Lipinski definition) is 1. The Morgan fingerprint density at radius 1 is 1.32 bits per heavy atom. The first-order valence-corrected chi connectivity index (χ1v) is 9.21. The second-order valence-corrected chi connectivity index (χ2v) is 7.39. The minimum Gasteiger partial charge on any atom is -0.443 e. The van der Waals surface area contributed by atoms with Crippen molar-refractivity contribution in [2.45, 2.75) is 25.7 Å². The normalized spacial score (nSPS) is 17.2. The summed E-state index contributed by atoms with van der Waals surface area (Å²) in [6.45, 7) is 2.41. The summed E-state index contributed by atoms with van der Waals surface area (Å²) in [5, 5.41) is 3.51. The zero-order chi connectivity index (χ0) is 19.9. The lowest BCUT2D eigenvalue weighted by Crippen LogP contribution is -2.29. The van der Waals surface area contributed by atoms with Gasteiger partial charge in [0.05, 0.1) is 22.3 Å². The first kappa shape index (κ1) is 18.5. The number of oxazole rings is 1. The van der Waals surface area contributed by atoms with Gasteiger partial charge in [0.15, 0.2) is 12.2 Å². The monoisotopic (exact) mass is 408 g/mol. The Bertz CT molecular complexity index is 983. The molecule has 2 amide bonds. The molecule has 1 aliphatic heterocycles. The van der Waals surface area contributed by atoms with E-state index in [4.69, 9.17) is 4.42 Å². The van der Waals surface area contributed by atoms with Crippen molar-refractivity contribution in [3.63, 3.8) is 0 Å². The van der Waals surface area contributed by atoms with Crippen molar-refractivity contribution >= 4 is 17.4 Å². The molecule has 1 fully saturated rings. The van der Waals surface area contributed by atoms with E-state index in [1.165, 1.54) is 29.9 Å². The Kier molecular flexibility index (Phi) is 4.58. The predicted molar refractivity (Wildman–Crippen MR) is 95.5 cm³/mol. The van der Waals surface area contributed by atoms with Gasteiger partial charge in [0.2, 0.25) is 0 Å². The number of amides is 2. The van der Waals surface area contributed by atoms with Crippen LogP contribution in [-0.4, -0.2) is 27.4 Å². The van der Waals surface area contributed by atoms with Crippen molar-refractivity contribution < 1.29 is 22.4 Å². The lowest BCUT2D eigenvalue weighted by Gasteiger charge is -2.21. The molecule has 1 aromatic carbocycles. The Morgan fingerprint density at radius 3 is 2.71 bits per heavy atom. The van der Waals surface area contributed by atoms with E-state index in [2.05, 4.69) is 15.3 Å². The predicted octanol–water partition coefficient (Wildman–Crippen LogP) is 4.39. The van der Waals surface area contributed by atoms with E-state index < -0.39 is 11.7 Å². The molecule has 0 spiro atoms. The summed E-state index contributed by atoms with van der Waals surface area (Å²) >= 11 is 1.41. The topological polar surface area (TPSA) is 71.3 Å². The molecular weight excluding hydrogens is 393 g/mol. The van der Waals surface area contributed by atoms with Gasteiger partial charge in [0, 0.05) is 13.1 Å². The fraction of sp³-hybridized carbons (Fsp3) is 0.278. The summed E-state index contributed by atoms with van der Waals surface area (Å²) in [6, 6.07) is 4.23. The number of nitrogens with one attached hydrogen (secondary N) is 1. The maximum atomic E-state index is 12.7. The van der Waals surface area contributed by atoms with E-state index in [0.717, 1.165) is 27.7 Å². The number of rotatable bonds is 4. The number of alkyl halides is 3. The molecule has 28 heavy (non-hydrogen) atoms. The fourth-order valence-corrected chi connectivity index (χ4v) is 4.19. The Labute approximate surface area is 162 Å². The van der Waals surface area contributed by atoms with Gasteiger partial charge in [-0.05, 0) is 24.6 Å². The Morgan fingerprint density at radius 2 is 2.07 bits per heavy atom. The quantitative estimate of drug-likeness (QED) is 0.695. The van der Waals surface area contributed by atoms with Crippen LogP contribution in [0.1, 0.15) is 27.9 Å². The van der Waals surface area contributed by atoms with Crippen LogP contribution >= 0.6 is 11.3 Å². The number of aryl methyl sites for hydroxylation is 1.